The number of para-hydroxylation sites is 1. The van der Waals surface area contributed by atoms with Crippen molar-refractivity contribution in [2.45, 2.75) is 25.0 Å². The minimum Gasteiger partial charge on any atom is -0.387 e. The lowest BCUT2D eigenvalue weighted by molar-refractivity contribution is 0.0657. The summed E-state index contributed by atoms with van der Waals surface area (Å²) < 4.78 is 27.9. The van der Waals surface area contributed by atoms with Crippen molar-refractivity contribution in [3.05, 3.63) is 81.4 Å². The highest BCUT2D eigenvalue weighted by molar-refractivity contribution is 5.98. The highest BCUT2D eigenvalue weighted by atomic mass is 19.2. The third-order valence-electron chi connectivity index (χ3n) is 6.06. The number of carbonyl (C=O) groups is 1. The first-order chi connectivity index (χ1) is 14.8. The van der Waals surface area contributed by atoms with Gasteiger partial charge in [0, 0.05) is 23.5 Å². The Morgan fingerprint density at radius 1 is 1.06 bits per heavy atom. The average molecular weight is 423 g/mol. The van der Waals surface area contributed by atoms with Gasteiger partial charge in [0.25, 0.3) is 11.5 Å². The Hall–Kier alpha value is -3.52. The maximum atomic E-state index is 14.1. The van der Waals surface area contributed by atoms with Crippen LogP contribution in [0.1, 0.15) is 46.7 Å². The molecule has 1 aliphatic carbocycles. The molecule has 158 valence electrons. The van der Waals surface area contributed by atoms with E-state index in [1.807, 2.05) is 24.3 Å². The number of amides is 1. The van der Waals surface area contributed by atoms with Crippen LogP contribution in [0.4, 0.5) is 8.78 Å². The molecule has 0 unspecified atom stereocenters. The lowest BCUT2D eigenvalue weighted by Crippen LogP contribution is -2.35. The van der Waals surface area contributed by atoms with Crippen molar-refractivity contribution < 1.29 is 18.7 Å². The van der Waals surface area contributed by atoms with Crippen molar-refractivity contribution in [2.24, 2.45) is 0 Å². The number of carbonyl (C=O) groups excluding carboxylic acids is 1. The molecule has 31 heavy (non-hydrogen) atoms. The molecule has 0 aliphatic heterocycles. The molecule has 2 heterocycles. The predicted molar refractivity (Wildman–Crippen MR) is 112 cm³/mol. The summed E-state index contributed by atoms with van der Waals surface area (Å²) in [5.41, 5.74) is 1.26. The Bertz CT molecular complexity index is 1380. The van der Waals surface area contributed by atoms with Crippen LogP contribution in [-0.2, 0) is 0 Å². The van der Waals surface area contributed by atoms with E-state index in [0.717, 1.165) is 23.0 Å². The number of aliphatic hydroxyl groups is 1. The van der Waals surface area contributed by atoms with E-state index in [1.54, 1.807) is 13.1 Å². The number of aromatic nitrogens is 2. The number of aromatic amines is 2. The summed E-state index contributed by atoms with van der Waals surface area (Å²) in [6, 6.07) is 10.5. The van der Waals surface area contributed by atoms with Gasteiger partial charge >= 0.3 is 0 Å². The van der Waals surface area contributed by atoms with E-state index in [0.29, 0.717) is 24.1 Å². The molecule has 3 N–H and O–H groups in total. The van der Waals surface area contributed by atoms with E-state index >= 15 is 0 Å². The molecule has 0 saturated heterocycles. The molecule has 4 aromatic rings. The molecule has 0 bridgehead atoms. The number of halogens is 2. The van der Waals surface area contributed by atoms with E-state index < -0.39 is 29.3 Å². The number of pyridine rings is 1. The van der Waals surface area contributed by atoms with Gasteiger partial charge < -0.3 is 20.0 Å². The summed E-state index contributed by atoms with van der Waals surface area (Å²) in [6.45, 7) is 0. The van der Waals surface area contributed by atoms with Crippen molar-refractivity contribution in [1.29, 1.82) is 0 Å². The first-order valence-corrected chi connectivity index (χ1v) is 9.93. The first-order valence-electron chi connectivity index (χ1n) is 9.93. The smallest absolute Gasteiger partial charge is 0.270 e. The van der Waals surface area contributed by atoms with Gasteiger partial charge in [-0.25, -0.2) is 8.78 Å². The van der Waals surface area contributed by atoms with E-state index in [2.05, 4.69) is 9.97 Å². The number of hydrogen-bond donors (Lipinski definition) is 3. The summed E-state index contributed by atoms with van der Waals surface area (Å²) in [5, 5.41) is 11.5. The molecule has 6 nitrogen and oxygen atoms in total. The minimum atomic E-state index is -1.13. The maximum Gasteiger partial charge on any atom is 0.270 e. The second-order valence-electron chi connectivity index (χ2n) is 7.89. The van der Waals surface area contributed by atoms with Crippen molar-refractivity contribution in [3.8, 4) is 0 Å². The summed E-state index contributed by atoms with van der Waals surface area (Å²) in [5.74, 6) is -2.51. The lowest BCUT2D eigenvalue weighted by Gasteiger charge is -2.35. The van der Waals surface area contributed by atoms with E-state index in [9.17, 15) is 23.5 Å². The first kappa shape index (κ1) is 19.4. The molecule has 2 aromatic heterocycles. The topological polar surface area (TPSA) is 89.2 Å². The Balaban J connectivity index is 1.65. The molecule has 0 saturated carbocycles. The van der Waals surface area contributed by atoms with Crippen LogP contribution in [0.2, 0.25) is 0 Å². The summed E-state index contributed by atoms with van der Waals surface area (Å²) >= 11 is 0. The Morgan fingerprint density at radius 3 is 2.52 bits per heavy atom. The van der Waals surface area contributed by atoms with Crippen molar-refractivity contribution in [3.63, 3.8) is 0 Å². The molecule has 1 aliphatic rings. The third-order valence-corrected chi connectivity index (χ3v) is 6.06. The quantitative estimate of drug-likeness (QED) is 0.456. The van der Waals surface area contributed by atoms with Gasteiger partial charge in [-0.1, -0.05) is 18.2 Å². The molecule has 1 amide bonds. The number of aliphatic hydroxyl groups excluding tert-OH is 1. The largest absolute Gasteiger partial charge is 0.387 e. The van der Waals surface area contributed by atoms with Crippen molar-refractivity contribution in [1.82, 2.24) is 14.9 Å². The van der Waals surface area contributed by atoms with Crippen LogP contribution < -0.4 is 5.56 Å². The minimum absolute atomic E-state index is 0.0248. The molecule has 2 aromatic carbocycles. The van der Waals surface area contributed by atoms with Gasteiger partial charge in [-0.05, 0) is 42.5 Å². The molecule has 0 radical (unpaired) electrons. The number of fused-ring (bicyclic) bond motifs is 4. The highest BCUT2D eigenvalue weighted by Gasteiger charge is 2.34. The fourth-order valence-electron chi connectivity index (χ4n) is 4.49. The van der Waals surface area contributed by atoms with Gasteiger partial charge in [0.1, 0.15) is 5.69 Å². The molecular weight excluding hydrogens is 404 g/mol. The van der Waals surface area contributed by atoms with Crippen LogP contribution >= 0.6 is 0 Å². The number of rotatable bonds is 2. The number of H-pyrrole nitrogens is 2. The molecule has 5 rings (SSSR count). The third kappa shape index (κ3) is 3.02. The van der Waals surface area contributed by atoms with Gasteiger partial charge in [-0.3, -0.25) is 9.59 Å². The summed E-state index contributed by atoms with van der Waals surface area (Å²) in [7, 11) is 1.62. The monoisotopic (exact) mass is 423 g/mol. The number of nitrogens with one attached hydrogen (secondary N) is 2. The van der Waals surface area contributed by atoms with Crippen LogP contribution in [-0.4, -0.2) is 32.9 Å². The summed E-state index contributed by atoms with van der Waals surface area (Å²) in [6.07, 6.45) is -0.253. The van der Waals surface area contributed by atoms with E-state index in [1.165, 1.54) is 4.90 Å². The van der Waals surface area contributed by atoms with Crippen LogP contribution in [0.25, 0.3) is 21.7 Å². The SMILES string of the molecule is CN(C(=O)c1cc2ccccc2[nH]1)[C@@H]1CC[C@H](O)c2[nH]c(=O)c3cc(F)c(F)cc3c21. The molecule has 0 fully saturated rings. The Labute approximate surface area is 175 Å². The second-order valence-corrected chi connectivity index (χ2v) is 7.89. The van der Waals surface area contributed by atoms with Gasteiger partial charge in [-0.15, -0.1) is 0 Å². The average Bonchev–Trinajstić information content (AvgIpc) is 3.19. The zero-order valence-corrected chi connectivity index (χ0v) is 16.6. The van der Waals surface area contributed by atoms with E-state index in [4.69, 9.17) is 0 Å². The fourth-order valence-corrected chi connectivity index (χ4v) is 4.49. The summed E-state index contributed by atoms with van der Waals surface area (Å²) in [4.78, 5) is 32.9. The fraction of sp³-hybridized carbons (Fsp3) is 0.217. The Kier molecular flexibility index (Phi) is 4.40. The van der Waals surface area contributed by atoms with Crippen LogP contribution in [0.15, 0.2) is 47.3 Å². The predicted octanol–water partition coefficient (Wildman–Crippen LogP) is 3.93. The maximum absolute atomic E-state index is 14.1. The zero-order valence-electron chi connectivity index (χ0n) is 16.6. The van der Waals surface area contributed by atoms with Crippen molar-refractivity contribution >= 4 is 27.6 Å². The molecular formula is C23H19F2N3O3. The van der Waals surface area contributed by atoms with E-state index in [-0.39, 0.29) is 22.4 Å². The number of hydrogen-bond acceptors (Lipinski definition) is 3. The van der Waals surface area contributed by atoms with Gasteiger partial charge in [0.15, 0.2) is 11.6 Å². The van der Waals surface area contributed by atoms with Gasteiger partial charge in [0.2, 0.25) is 0 Å². The number of benzene rings is 2. The van der Waals surface area contributed by atoms with Crippen molar-refractivity contribution in [2.75, 3.05) is 7.05 Å². The van der Waals surface area contributed by atoms with Gasteiger partial charge in [0.05, 0.1) is 23.2 Å². The van der Waals surface area contributed by atoms with Gasteiger partial charge in [-0.2, -0.15) is 0 Å². The van der Waals surface area contributed by atoms with Crippen LogP contribution in [0, 0.1) is 11.6 Å². The highest BCUT2D eigenvalue weighted by Crippen LogP contribution is 2.41. The zero-order chi connectivity index (χ0) is 21.9. The standard InChI is InChI=1S/C23H19F2N3O3/c1-28(23(31)17-8-11-4-2-3-5-16(11)26-17)18-6-7-19(29)21-20(18)12-9-14(24)15(25)10-13(12)22(30)27-21/h2-5,8-10,18-19,26,29H,6-7H2,1H3,(H,27,30)/t18-,19+/m1/s1. The van der Waals surface area contributed by atoms with Crippen LogP contribution in [0.3, 0.4) is 0 Å². The molecule has 8 heteroatoms. The van der Waals surface area contributed by atoms with Crippen LogP contribution in [0.5, 0.6) is 0 Å². The molecule has 2 atom stereocenters. The normalized spacial score (nSPS) is 18.3. The second kappa shape index (κ2) is 7.02. The number of nitrogens with zero attached hydrogens (tertiary/aromatic N) is 1. The Morgan fingerprint density at radius 2 is 1.77 bits per heavy atom. The molecule has 0 spiro atoms. The lowest BCUT2D eigenvalue weighted by atomic mass is 9.85.